The van der Waals surface area contributed by atoms with Crippen molar-refractivity contribution in [3.05, 3.63) is 42.0 Å². The molecule has 0 aliphatic rings. The molecule has 9 heteroatoms. The van der Waals surface area contributed by atoms with E-state index in [9.17, 15) is 39.5 Å². The Labute approximate surface area is 125 Å². The Bertz CT molecular complexity index is 524. The first-order chi connectivity index (χ1) is 10.5. The molecule has 0 aromatic heterocycles. The highest BCUT2D eigenvalue weighted by molar-refractivity contribution is 5.47. The molecular formula is C14H11F9. The lowest BCUT2D eigenvalue weighted by Crippen LogP contribution is -2.54. The van der Waals surface area contributed by atoms with Crippen molar-refractivity contribution in [1.82, 2.24) is 0 Å². The van der Waals surface area contributed by atoms with Crippen LogP contribution in [0.2, 0.25) is 0 Å². The maximum Gasteiger partial charge on any atom is 0.347 e. The first-order valence-corrected chi connectivity index (χ1v) is 6.15. The molecule has 1 aromatic rings. The monoisotopic (exact) mass is 350 g/mol. The average molecular weight is 350 g/mol. The van der Waals surface area contributed by atoms with Crippen LogP contribution in [0.1, 0.15) is 17.3 Å². The first kappa shape index (κ1) is 19.4. The standard InChI is InChI=1S/C14H11F9/c1-2-7-3-5-8(6-4-7)10(16)13(20,21)14(22,23)11(17)9(15)12(18)19/h2-6,9-12H,1H2. The molecule has 0 radical (unpaired) electrons. The van der Waals surface area contributed by atoms with Crippen molar-refractivity contribution < 1.29 is 39.5 Å². The lowest BCUT2D eigenvalue weighted by Gasteiger charge is -2.32. The van der Waals surface area contributed by atoms with Gasteiger partial charge in [-0.1, -0.05) is 36.9 Å². The molecule has 3 atom stereocenters. The van der Waals surface area contributed by atoms with Crippen molar-refractivity contribution in [2.45, 2.75) is 36.8 Å². The van der Waals surface area contributed by atoms with Gasteiger partial charge in [0.1, 0.15) is 0 Å². The summed E-state index contributed by atoms with van der Waals surface area (Å²) in [6, 6.07) is 3.60. The normalized spacial score (nSPS) is 17.0. The fraction of sp³-hybridized carbons (Fsp3) is 0.429. The lowest BCUT2D eigenvalue weighted by atomic mass is 9.94. The first-order valence-electron chi connectivity index (χ1n) is 6.15. The van der Waals surface area contributed by atoms with Crippen LogP contribution in [0.3, 0.4) is 0 Å². The Morgan fingerprint density at radius 2 is 1.30 bits per heavy atom. The van der Waals surface area contributed by atoms with Gasteiger partial charge in [-0.15, -0.1) is 0 Å². The summed E-state index contributed by atoms with van der Waals surface area (Å²) in [7, 11) is 0. The molecule has 0 heterocycles. The zero-order valence-electron chi connectivity index (χ0n) is 11.3. The van der Waals surface area contributed by atoms with Crippen molar-refractivity contribution in [2.24, 2.45) is 0 Å². The summed E-state index contributed by atoms with van der Waals surface area (Å²) in [4.78, 5) is 0. The van der Waals surface area contributed by atoms with E-state index >= 15 is 0 Å². The van der Waals surface area contributed by atoms with Crippen LogP contribution in [-0.2, 0) is 0 Å². The Morgan fingerprint density at radius 1 is 0.826 bits per heavy atom. The van der Waals surface area contributed by atoms with Gasteiger partial charge in [0.15, 0.2) is 12.3 Å². The van der Waals surface area contributed by atoms with Gasteiger partial charge < -0.3 is 0 Å². The second-order valence-corrected chi connectivity index (χ2v) is 4.66. The molecule has 0 amide bonds. The van der Waals surface area contributed by atoms with Gasteiger partial charge in [-0.2, -0.15) is 17.6 Å². The van der Waals surface area contributed by atoms with Crippen molar-refractivity contribution in [3.63, 3.8) is 0 Å². The summed E-state index contributed by atoms with van der Waals surface area (Å²) in [6.45, 7) is 3.33. The van der Waals surface area contributed by atoms with Crippen LogP contribution >= 0.6 is 0 Å². The maximum absolute atomic E-state index is 13.7. The molecule has 1 aromatic carbocycles. The van der Waals surface area contributed by atoms with Gasteiger partial charge in [0, 0.05) is 0 Å². The molecule has 1 rings (SSSR count). The van der Waals surface area contributed by atoms with Gasteiger partial charge in [0.05, 0.1) is 0 Å². The minimum Gasteiger partial charge on any atom is -0.238 e. The molecule has 0 nitrogen and oxygen atoms in total. The Hall–Kier alpha value is -1.67. The van der Waals surface area contributed by atoms with E-state index in [0.29, 0.717) is 5.56 Å². The molecule has 0 aliphatic carbocycles. The zero-order valence-corrected chi connectivity index (χ0v) is 11.3. The number of benzene rings is 1. The third kappa shape index (κ3) is 3.64. The summed E-state index contributed by atoms with van der Waals surface area (Å²) < 4.78 is 117. The van der Waals surface area contributed by atoms with Gasteiger partial charge >= 0.3 is 11.8 Å². The van der Waals surface area contributed by atoms with E-state index in [-0.39, 0.29) is 0 Å². The molecule has 130 valence electrons. The van der Waals surface area contributed by atoms with E-state index in [1.807, 2.05) is 0 Å². The van der Waals surface area contributed by atoms with Gasteiger partial charge in [-0.05, 0) is 11.1 Å². The Morgan fingerprint density at radius 3 is 1.70 bits per heavy atom. The van der Waals surface area contributed by atoms with Gasteiger partial charge in [-0.25, -0.2) is 22.0 Å². The summed E-state index contributed by atoms with van der Waals surface area (Å²) in [5.41, 5.74) is -0.583. The Balaban J connectivity index is 3.12. The van der Waals surface area contributed by atoms with E-state index < -0.39 is 42.3 Å². The van der Waals surface area contributed by atoms with Crippen LogP contribution in [0.5, 0.6) is 0 Å². The topological polar surface area (TPSA) is 0 Å². The number of halogens is 9. The van der Waals surface area contributed by atoms with Crippen LogP contribution in [0.15, 0.2) is 30.8 Å². The molecule has 0 spiro atoms. The molecule has 0 aliphatic heterocycles. The molecule has 3 unspecified atom stereocenters. The van der Waals surface area contributed by atoms with E-state index in [1.54, 1.807) is 0 Å². The number of hydrogen-bond acceptors (Lipinski definition) is 0. The Kier molecular flexibility index (Phi) is 5.76. The fourth-order valence-electron chi connectivity index (χ4n) is 1.69. The second kappa shape index (κ2) is 6.84. The zero-order chi connectivity index (χ0) is 18.0. The summed E-state index contributed by atoms with van der Waals surface area (Å²) in [5, 5.41) is 0. The highest BCUT2D eigenvalue weighted by Crippen LogP contribution is 2.49. The smallest absolute Gasteiger partial charge is 0.238 e. The van der Waals surface area contributed by atoms with Crippen molar-refractivity contribution in [1.29, 1.82) is 0 Å². The second-order valence-electron chi connectivity index (χ2n) is 4.66. The lowest BCUT2D eigenvalue weighted by molar-refractivity contribution is -0.278. The van der Waals surface area contributed by atoms with Crippen molar-refractivity contribution >= 4 is 6.08 Å². The van der Waals surface area contributed by atoms with E-state index in [1.165, 1.54) is 6.08 Å². The van der Waals surface area contributed by atoms with E-state index in [2.05, 4.69) is 6.58 Å². The molecule has 0 fully saturated rings. The fourth-order valence-corrected chi connectivity index (χ4v) is 1.69. The number of rotatable bonds is 7. The van der Waals surface area contributed by atoms with E-state index in [0.717, 1.165) is 24.3 Å². The molecule has 0 bridgehead atoms. The van der Waals surface area contributed by atoms with Crippen LogP contribution < -0.4 is 0 Å². The molecule has 0 N–H and O–H groups in total. The largest absolute Gasteiger partial charge is 0.347 e. The maximum atomic E-state index is 13.7. The van der Waals surface area contributed by atoms with Crippen molar-refractivity contribution in [2.75, 3.05) is 0 Å². The number of alkyl halides is 9. The summed E-state index contributed by atoms with van der Waals surface area (Å²) in [6.07, 6.45) is -15.5. The molecular weight excluding hydrogens is 339 g/mol. The van der Waals surface area contributed by atoms with Gasteiger partial charge in [0.2, 0.25) is 6.17 Å². The van der Waals surface area contributed by atoms with Gasteiger partial charge in [0.25, 0.3) is 6.43 Å². The molecule has 0 saturated heterocycles. The summed E-state index contributed by atoms with van der Waals surface area (Å²) in [5.74, 6) is -11.7. The summed E-state index contributed by atoms with van der Waals surface area (Å²) >= 11 is 0. The number of hydrogen-bond donors (Lipinski definition) is 0. The third-order valence-corrected chi connectivity index (χ3v) is 3.09. The van der Waals surface area contributed by atoms with Gasteiger partial charge in [-0.3, -0.25) is 0 Å². The average Bonchev–Trinajstić information content (AvgIpc) is 2.52. The van der Waals surface area contributed by atoms with Crippen LogP contribution in [0.25, 0.3) is 6.08 Å². The highest BCUT2D eigenvalue weighted by atomic mass is 19.3. The third-order valence-electron chi connectivity index (χ3n) is 3.09. The SMILES string of the molecule is C=Cc1ccc(C(F)C(F)(F)C(F)(F)C(F)C(F)C(F)F)cc1. The molecule has 23 heavy (non-hydrogen) atoms. The predicted molar refractivity (Wildman–Crippen MR) is 66.1 cm³/mol. The molecule has 0 saturated carbocycles. The van der Waals surface area contributed by atoms with Crippen LogP contribution in [-0.4, -0.2) is 30.6 Å². The minimum atomic E-state index is -5.97. The van der Waals surface area contributed by atoms with Crippen LogP contribution in [0, 0.1) is 0 Å². The highest BCUT2D eigenvalue weighted by Gasteiger charge is 2.69. The quantitative estimate of drug-likeness (QED) is 0.566. The predicted octanol–water partition coefficient (Wildman–Crippen LogP) is 5.55. The van der Waals surface area contributed by atoms with E-state index in [4.69, 9.17) is 0 Å². The van der Waals surface area contributed by atoms with Crippen molar-refractivity contribution in [3.8, 4) is 0 Å². The van der Waals surface area contributed by atoms with Crippen LogP contribution in [0.4, 0.5) is 39.5 Å². The minimum absolute atomic E-state index is 0.362.